The average Bonchev–Trinajstić information content (AvgIpc) is 2.54. The van der Waals surface area contributed by atoms with E-state index in [1.807, 2.05) is 0 Å². The van der Waals surface area contributed by atoms with Gasteiger partial charge in [0.2, 0.25) is 11.8 Å². The number of unbranched alkanes of at least 4 members (excludes halogenated alkanes) is 2. The highest BCUT2D eigenvalue weighted by atomic mass is 35.5. The van der Waals surface area contributed by atoms with Crippen molar-refractivity contribution in [3.8, 4) is 0 Å². The number of carbonyl (C=O) groups is 1. The summed E-state index contributed by atoms with van der Waals surface area (Å²) in [7, 11) is 1.63. The molecule has 0 aliphatic rings. The Balaban J connectivity index is 0.000000763. The Kier molecular flexibility index (Phi) is 11.8. The summed E-state index contributed by atoms with van der Waals surface area (Å²) in [5.41, 5.74) is 1.48. The molecule has 1 aromatic rings. The van der Waals surface area contributed by atoms with E-state index in [9.17, 15) is 4.79 Å². The Bertz CT molecular complexity index is 468. The van der Waals surface area contributed by atoms with Gasteiger partial charge in [-0.3, -0.25) is 9.79 Å². The van der Waals surface area contributed by atoms with Crippen molar-refractivity contribution < 1.29 is 9.53 Å². The summed E-state index contributed by atoms with van der Waals surface area (Å²) in [6.07, 6.45) is 5.39. The van der Waals surface area contributed by atoms with Crippen molar-refractivity contribution in [3.63, 3.8) is 0 Å². The van der Waals surface area contributed by atoms with Crippen LogP contribution in [0.5, 0.6) is 0 Å². The van der Waals surface area contributed by atoms with Crippen LogP contribution in [0, 0.1) is 0 Å². The second kappa shape index (κ2) is 12.9. The largest absolute Gasteiger partial charge is 0.447 e. The molecule has 1 rings (SSSR count). The maximum Gasteiger partial charge on any atom is 0.239 e. The topological polar surface area (TPSA) is 50.7 Å². The summed E-state index contributed by atoms with van der Waals surface area (Å²) in [5, 5.41) is 2.64. The van der Waals surface area contributed by atoms with Gasteiger partial charge in [-0.1, -0.05) is 39.7 Å². The standard InChI is InChI=1S/C12H13ClN2O2.C5H12/c1-3-17-12(14-2)9-4-6-10(7-5-9)15-11(16)8-13;1-3-5-4-2/h3-7H,1,8H2,2H3,(H,15,16);3-5H2,1-2H3. The number of benzene rings is 1. The van der Waals surface area contributed by atoms with Gasteiger partial charge in [0.05, 0.1) is 6.26 Å². The van der Waals surface area contributed by atoms with E-state index in [2.05, 4.69) is 30.7 Å². The number of hydrogen-bond acceptors (Lipinski definition) is 3. The van der Waals surface area contributed by atoms with E-state index < -0.39 is 0 Å². The first-order chi connectivity index (χ1) is 10.6. The number of aliphatic imine (C=N–C) groups is 1. The molecule has 22 heavy (non-hydrogen) atoms. The third-order valence-electron chi connectivity index (χ3n) is 2.64. The fraction of sp³-hybridized carbons (Fsp3) is 0.412. The van der Waals surface area contributed by atoms with Gasteiger partial charge in [-0.15, -0.1) is 11.6 Å². The van der Waals surface area contributed by atoms with Crippen LogP contribution in [-0.4, -0.2) is 24.7 Å². The van der Waals surface area contributed by atoms with Crippen LogP contribution in [0.3, 0.4) is 0 Å². The number of amides is 1. The predicted octanol–water partition coefficient (Wildman–Crippen LogP) is 4.60. The van der Waals surface area contributed by atoms with E-state index >= 15 is 0 Å². The minimum absolute atomic E-state index is 0.0665. The average molecular weight is 325 g/mol. The molecule has 0 unspecified atom stereocenters. The lowest BCUT2D eigenvalue weighted by Crippen LogP contribution is -2.12. The summed E-state index contributed by atoms with van der Waals surface area (Å²) in [6.45, 7) is 7.89. The van der Waals surface area contributed by atoms with Gasteiger partial charge >= 0.3 is 0 Å². The highest BCUT2D eigenvalue weighted by molar-refractivity contribution is 6.29. The smallest absolute Gasteiger partial charge is 0.239 e. The van der Waals surface area contributed by atoms with Crippen molar-refractivity contribution in [2.24, 2.45) is 4.99 Å². The molecule has 0 radical (unpaired) electrons. The SMILES string of the molecule is C=COC(=NC)c1ccc(NC(=O)CCl)cc1.CCCCC. The minimum Gasteiger partial charge on any atom is -0.447 e. The van der Waals surface area contributed by atoms with E-state index in [1.54, 1.807) is 31.3 Å². The summed E-state index contributed by atoms with van der Waals surface area (Å²) >= 11 is 5.39. The predicted molar refractivity (Wildman–Crippen MR) is 94.7 cm³/mol. The Morgan fingerprint density at radius 1 is 1.32 bits per heavy atom. The molecule has 0 aliphatic heterocycles. The first-order valence-corrected chi connectivity index (χ1v) is 7.86. The number of hydrogen-bond donors (Lipinski definition) is 1. The number of rotatable bonds is 6. The lowest BCUT2D eigenvalue weighted by Gasteiger charge is -2.06. The van der Waals surface area contributed by atoms with Crippen molar-refractivity contribution >= 4 is 29.1 Å². The maximum absolute atomic E-state index is 11.1. The molecule has 0 saturated heterocycles. The molecular formula is C17H25ClN2O2. The monoisotopic (exact) mass is 324 g/mol. The zero-order valence-corrected chi connectivity index (χ0v) is 14.3. The molecule has 0 atom stereocenters. The third-order valence-corrected chi connectivity index (χ3v) is 2.88. The second-order valence-electron chi connectivity index (χ2n) is 4.43. The number of alkyl halides is 1. The highest BCUT2D eigenvalue weighted by Gasteiger charge is 2.04. The van der Waals surface area contributed by atoms with Gasteiger partial charge in [-0.2, -0.15) is 0 Å². The number of ether oxygens (including phenoxy) is 1. The van der Waals surface area contributed by atoms with Gasteiger partial charge in [0, 0.05) is 18.3 Å². The van der Waals surface area contributed by atoms with Gasteiger partial charge in [0.25, 0.3) is 0 Å². The molecular weight excluding hydrogens is 300 g/mol. The highest BCUT2D eigenvalue weighted by Crippen LogP contribution is 2.11. The van der Waals surface area contributed by atoms with Gasteiger partial charge in [-0.05, 0) is 24.3 Å². The molecule has 0 saturated carbocycles. The number of carbonyl (C=O) groups excluding carboxylic acids is 1. The number of anilines is 1. The summed E-state index contributed by atoms with van der Waals surface area (Å²) in [6, 6.07) is 7.07. The Morgan fingerprint density at radius 3 is 2.27 bits per heavy atom. The molecule has 0 spiro atoms. The van der Waals surface area contributed by atoms with Crippen LogP contribution in [-0.2, 0) is 9.53 Å². The maximum atomic E-state index is 11.1. The van der Waals surface area contributed by atoms with E-state index in [1.165, 1.54) is 25.5 Å². The van der Waals surface area contributed by atoms with Crippen molar-refractivity contribution in [3.05, 3.63) is 42.7 Å². The minimum atomic E-state index is -0.244. The fourth-order valence-corrected chi connectivity index (χ4v) is 1.64. The van der Waals surface area contributed by atoms with Gasteiger partial charge < -0.3 is 10.1 Å². The quantitative estimate of drug-likeness (QED) is 0.360. The van der Waals surface area contributed by atoms with Gasteiger partial charge in [0.15, 0.2) is 0 Å². The molecule has 0 heterocycles. The first-order valence-electron chi connectivity index (χ1n) is 7.33. The molecule has 4 nitrogen and oxygen atoms in total. The zero-order chi connectivity index (χ0) is 16.8. The third kappa shape index (κ3) is 8.47. The van der Waals surface area contributed by atoms with Crippen molar-refractivity contribution in [1.29, 1.82) is 0 Å². The van der Waals surface area contributed by atoms with Gasteiger partial charge in [-0.25, -0.2) is 0 Å². The van der Waals surface area contributed by atoms with Gasteiger partial charge in [0.1, 0.15) is 5.88 Å². The lowest BCUT2D eigenvalue weighted by molar-refractivity contribution is -0.113. The molecule has 0 aromatic heterocycles. The lowest BCUT2D eigenvalue weighted by atomic mass is 10.2. The number of nitrogens with one attached hydrogen (secondary N) is 1. The van der Waals surface area contributed by atoms with Crippen LogP contribution in [0.1, 0.15) is 38.7 Å². The van der Waals surface area contributed by atoms with E-state index in [-0.39, 0.29) is 11.8 Å². The van der Waals surface area contributed by atoms with E-state index in [0.717, 1.165) is 5.56 Å². The molecule has 5 heteroatoms. The zero-order valence-electron chi connectivity index (χ0n) is 13.6. The van der Waals surface area contributed by atoms with Crippen LogP contribution in [0.2, 0.25) is 0 Å². The van der Waals surface area contributed by atoms with Crippen molar-refractivity contribution in [2.75, 3.05) is 18.2 Å². The number of halogens is 1. The summed E-state index contributed by atoms with van der Waals surface area (Å²) < 4.78 is 5.12. The Hall–Kier alpha value is -1.81. The van der Waals surface area contributed by atoms with Crippen LogP contribution in [0.25, 0.3) is 0 Å². The fourth-order valence-electron chi connectivity index (χ4n) is 1.57. The van der Waals surface area contributed by atoms with E-state index in [0.29, 0.717) is 11.6 Å². The molecule has 122 valence electrons. The molecule has 0 fully saturated rings. The van der Waals surface area contributed by atoms with Crippen molar-refractivity contribution in [2.45, 2.75) is 33.1 Å². The molecule has 0 bridgehead atoms. The Morgan fingerprint density at radius 2 is 1.91 bits per heavy atom. The normalized spacial score (nSPS) is 10.3. The summed E-state index contributed by atoms with van der Waals surface area (Å²) in [4.78, 5) is 15.0. The summed E-state index contributed by atoms with van der Waals surface area (Å²) in [5.74, 6) is 0.157. The molecule has 1 amide bonds. The van der Waals surface area contributed by atoms with Crippen LogP contribution in [0.15, 0.2) is 42.1 Å². The Labute approximate surface area is 138 Å². The molecule has 1 aromatic carbocycles. The molecule has 0 aliphatic carbocycles. The van der Waals surface area contributed by atoms with Crippen LogP contribution >= 0.6 is 11.6 Å². The van der Waals surface area contributed by atoms with Crippen LogP contribution in [0.4, 0.5) is 5.69 Å². The second-order valence-corrected chi connectivity index (χ2v) is 4.69. The van der Waals surface area contributed by atoms with Crippen LogP contribution < -0.4 is 5.32 Å². The number of nitrogens with zero attached hydrogens (tertiary/aromatic N) is 1. The first kappa shape index (κ1) is 20.2. The molecule has 1 N–H and O–H groups in total. The van der Waals surface area contributed by atoms with E-state index in [4.69, 9.17) is 16.3 Å². The van der Waals surface area contributed by atoms with Crippen molar-refractivity contribution in [1.82, 2.24) is 0 Å².